The van der Waals surface area contributed by atoms with Crippen LogP contribution >= 0.6 is 0 Å². The summed E-state index contributed by atoms with van der Waals surface area (Å²) in [6.07, 6.45) is 3.09. The Morgan fingerprint density at radius 3 is 2.50 bits per heavy atom. The lowest BCUT2D eigenvalue weighted by atomic mass is 10.1. The van der Waals surface area contributed by atoms with E-state index in [1.807, 2.05) is 0 Å². The lowest BCUT2D eigenvalue weighted by Gasteiger charge is -2.30. The molecule has 1 saturated heterocycles. The van der Waals surface area contributed by atoms with Gasteiger partial charge in [0.25, 0.3) is 0 Å². The van der Waals surface area contributed by atoms with Gasteiger partial charge >= 0.3 is 0 Å². The molecule has 1 aliphatic heterocycles. The average Bonchev–Trinajstić information content (AvgIpc) is 2.80. The summed E-state index contributed by atoms with van der Waals surface area (Å²) in [6, 6.07) is 0.459. The molecular weight excluding hydrogens is 252 g/mol. The Balaban J connectivity index is 2.32. The topological polar surface area (TPSA) is 33.7 Å². The van der Waals surface area contributed by atoms with Crippen molar-refractivity contribution in [3.8, 4) is 0 Å². The van der Waals surface area contributed by atoms with Crippen molar-refractivity contribution in [3.63, 3.8) is 0 Å². The third-order valence-electron chi connectivity index (χ3n) is 3.93. The number of ether oxygens (including phenoxy) is 2. The summed E-state index contributed by atoms with van der Waals surface area (Å²) in [6.45, 7) is 14.8. The molecule has 20 heavy (non-hydrogen) atoms. The standard InChI is InChI=1S/C16H34N2O2/c1-7-18(13(2)12-19-6)11-15-9-8-14(20-15)10-17-16(3,4)5/h13-15,17H,7-12H2,1-6H3. The maximum absolute atomic E-state index is 6.17. The molecule has 0 amide bonds. The van der Waals surface area contributed by atoms with E-state index in [4.69, 9.17) is 9.47 Å². The molecule has 0 bridgehead atoms. The molecule has 0 aliphatic carbocycles. The fourth-order valence-electron chi connectivity index (χ4n) is 2.71. The Bertz CT molecular complexity index is 266. The smallest absolute Gasteiger partial charge is 0.0707 e. The molecule has 0 spiro atoms. The van der Waals surface area contributed by atoms with Crippen LogP contribution in [0.1, 0.15) is 47.5 Å². The molecule has 4 nitrogen and oxygen atoms in total. The highest BCUT2D eigenvalue weighted by Crippen LogP contribution is 2.21. The summed E-state index contributed by atoms with van der Waals surface area (Å²) < 4.78 is 11.4. The van der Waals surface area contributed by atoms with Crippen molar-refractivity contribution < 1.29 is 9.47 Å². The zero-order valence-corrected chi connectivity index (χ0v) is 14.2. The van der Waals surface area contributed by atoms with Crippen LogP contribution in [0.3, 0.4) is 0 Å². The van der Waals surface area contributed by atoms with Crippen molar-refractivity contribution in [2.24, 2.45) is 0 Å². The van der Waals surface area contributed by atoms with Crippen LogP contribution in [-0.4, -0.2) is 62.0 Å². The third kappa shape index (κ3) is 6.53. The maximum atomic E-state index is 6.17. The van der Waals surface area contributed by atoms with E-state index in [2.05, 4.69) is 44.8 Å². The molecule has 0 radical (unpaired) electrons. The highest BCUT2D eigenvalue weighted by Gasteiger charge is 2.28. The summed E-state index contributed by atoms with van der Waals surface area (Å²) in [5, 5.41) is 3.54. The molecule has 3 atom stereocenters. The first kappa shape index (κ1) is 17.9. The zero-order valence-electron chi connectivity index (χ0n) is 14.2. The van der Waals surface area contributed by atoms with Gasteiger partial charge in [0.15, 0.2) is 0 Å². The van der Waals surface area contributed by atoms with Gasteiger partial charge in [0.05, 0.1) is 18.8 Å². The van der Waals surface area contributed by atoms with Gasteiger partial charge in [-0.15, -0.1) is 0 Å². The second-order valence-corrected chi connectivity index (χ2v) is 6.98. The van der Waals surface area contributed by atoms with Gasteiger partial charge in [-0.3, -0.25) is 4.90 Å². The van der Waals surface area contributed by atoms with E-state index in [-0.39, 0.29) is 5.54 Å². The molecule has 4 heteroatoms. The van der Waals surface area contributed by atoms with Gasteiger partial charge in [-0.1, -0.05) is 6.92 Å². The first-order chi connectivity index (χ1) is 9.35. The largest absolute Gasteiger partial charge is 0.383 e. The van der Waals surface area contributed by atoms with Crippen LogP contribution in [-0.2, 0) is 9.47 Å². The van der Waals surface area contributed by atoms with Crippen LogP contribution in [0.15, 0.2) is 0 Å². The summed E-state index contributed by atoms with van der Waals surface area (Å²) in [5.41, 5.74) is 0.171. The van der Waals surface area contributed by atoms with Crippen LogP contribution in [0.25, 0.3) is 0 Å². The molecule has 1 rings (SSSR count). The quantitative estimate of drug-likeness (QED) is 0.742. The second kappa shape index (κ2) is 8.32. The number of nitrogens with one attached hydrogen (secondary N) is 1. The second-order valence-electron chi connectivity index (χ2n) is 6.98. The minimum atomic E-state index is 0.171. The van der Waals surface area contributed by atoms with Gasteiger partial charge in [0.2, 0.25) is 0 Å². The molecule has 1 aliphatic rings. The fourth-order valence-corrected chi connectivity index (χ4v) is 2.71. The van der Waals surface area contributed by atoms with Gasteiger partial charge in [0.1, 0.15) is 0 Å². The Labute approximate surface area is 125 Å². The molecule has 0 aromatic heterocycles. The Hall–Kier alpha value is -0.160. The van der Waals surface area contributed by atoms with E-state index < -0.39 is 0 Å². The summed E-state index contributed by atoms with van der Waals surface area (Å²) in [5.74, 6) is 0. The van der Waals surface area contributed by atoms with Crippen molar-refractivity contribution in [2.45, 2.75) is 71.2 Å². The van der Waals surface area contributed by atoms with Crippen LogP contribution in [0.2, 0.25) is 0 Å². The van der Waals surface area contributed by atoms with E-state index in [1.165, 1.54) is 12.8 Å². The first-order valence-corrected chi connectivity index (χ1v) is 7.99. The van der Waals surface area contributed by atoms with Gasteiger partial charge in [-0.2, -0.15) is 0 Å². The Kier molecular flexibility index (Phi) is 7.45. The van der Waals surface area contributed by atoms with E-state index >= 15 is 0 Å². The number of rotatable bonds is 8. The molecule has 1 fully saturated rings. The van der Waals surface area contributed by atoms with Crippen molar-refractivity contribution >= 4 is 0 Å². The molecule has 0 aromatic rings. The number of hydrogen-bond acceptors (Lipinski definition) is 4. The maximum Gasteiger partial charge on any atom is 0.0707 e. The zero-order chi connectivity index (χ0) is 15.2. The highest BCUT2D eigenvalue weighted by atomic mass is 16.5. The molecule has 1 N–H and O–H groups in total. The predicted octanol–water partition coefficient (Wildman–Crippen LogP) is 2.28. The highest BCUT2D eigenvalue weighted by molar-refractivity contribution is 4.81. The lowest BCUT2D eigenvalue weighted by Crippen LogP contribution is -2.43. The van der Waals surface area contributed by atoms with E-state index in [9.17, 15) is 0 Å². The van der Waals surface area contributed by atoms with Gasteiger partial charge in [0, 0.05) is 31.8 Å². The molecule has 120 valence electrons. The number of methoxy groups -OCH3 is 1. The summed E-state index contributed by atoms with van der Waals surface area (Å²) >= 11 is 0. The van der Waals surface area contributed by atoms with Gasteiger partial charge in [-0.25, -0.2) is 0 Å². The normalized spacial score (nSPS) is 25.4. The van der Waals surface area contributed by atoms with Gasteiger partial charge < -0.3 is 14.8 Å². The number of likely N-dealkylation sites (N-methyl/N-ethyl adjacent to an activating group) is 1. The molecule has 1 heterocycles. The fraction of sp³-hybridized carbons (Fsp3) is 1.00. The monoisotopic (exact) mass is 286 g/mol. The SMILES string of the molecule is CCN(CC1CCC(CNC(C)(C)C)O1)C(C)COC. The van der Waals surface area contributed by atoms with E-state index in [0.717, 1.165) is 26.2 Å². The molecular formula is C16H34N2O2. The summed E-state index contributed by atoms with van der Waals surface area (Å²) in [7, 11) is 1.77. The van der Waals surface area contributed by atoms with Crippen molar-refractivity contribution in [3.05, 3.63) is 0 Å². The van der Waals surface area contributed by atoms with Crippen molar-refractivity contribution in [2.75, 3.05) is 33.4 Å². The van der Waals surface area contributed by atoms with Crippen molar-refractivity contribution in [1.82, 2.24) is 10.2 Å². The molecule has 0 saturated carbocycles. The summed E-state index contributed by atoms with van der Waals surface area (Å²) in [4.78, 5) is 2.45. The Morgan fingerprint density at radius 2 is 1.95 bits per heavy atom. The number of nitrogens with zero attached hydrogens (tertiary/aromatic N) is 1. The molecule has 0 aromatic carbocycles. The van der Waals surface area contributed by atoms with E-state index in [0.29, 0.717) is 18.2 Å². The third-order valence-corrected chi connectivity index (χ3v) is 3.93. The minimum absolute atomic E-state index is 0.171. The average molecular weight is 286 g/mol. The van der Waals surface area contributed by atoms with Crippen LogP contribution in [0.5, 0.6) is 0 Å². The van der Waals surface area contributed by atoms with Crippen LogP contribution in [0, 0.1) is 0 Å². The van der Waals surface area contributed by atoms with Crippen LogP contribution < -0.4 is 5.32 Å². The number of hydrogen-bond donors (Lipinski definition) is 1. The van der Waals surface area contributed by atoms with Crippen molar-refractivity contribution in [1.29, 1.82) is 0 Å². The van der Waals surface area contributed by atoms with Gasteiger partial charge in [-0.05, 0) is 47.1 Å². The predicted molar refractivity (Wildman–Crippen MR) is 84.2 cm³/mol. The Morgan fingerprint density at radius 1 is 1.30 bits per heavy atom. The first-order valence-electron chi connectivity index (χ1n) is 7.99. The van der Waals surface area contributed by atoms with Crippen LogP contribution in [0.4, 0.5) is 0 Å². The minimum Gasteiger partial charge on any atom is -0.383 e. The van der Waals surface area contributed by atoms with E-state index in [1.54, 1.807) is 7.11 Å². The lowest BCUT2D eigenvalue weighted by molar-refractivity contribution is 0.00587. The molecule has 3 unspecified atom stereocenters.